The van der Waals surface area contributed by atoms with Crippen LogP contribution in [0.3, 0.4) is 0 Å². The molecule has 0 aromatic heterocycles. The molecule has 0 aromatic carbocycles. The Morgan fingerprint density at radius 2 is 1.92 bits per heavy atom. The maximum Gasteiger partial charge on any atom is 0.0118 e. The van der Waals surface area contributed by atoms with Gasteiger partial charge in [-0.05, 0) is 26.7 Å². The molecule has 0 bridgehead atoms. The quantitative estimate of drug-likeness (QED) is 0.597. The fraction of sp³-hybridized carbons (Fsp3) is 0.818. The Labute approximate surface area is 80.8 Å². The molecule has 0 amide bonds. The first kappa shape index (κ1) is 10.2. The second-order valence-corrected chi connectivity index (χ2v) is 5.21. The molecule has 70 valence electrons. The van der Waals surface area contributed by atoms with Gasteiger partial charge < -0.3 is 0 Å². The maximum absolute atomic E-state index is 2.35. The standard InChI is InChI=1S/C11H20S/c1-10(2)8-9-12-11-6-4-3-5-7-11/h8,11H,3-7,9H2,1-2H3. The highest BCUT2D eigenvalue weighted by Crippen LogP contribution is 2.28. The topological polar surface area (TPSA) is 0 Å². The third kappa shape index (κ3) is 4.20. The van der Waals surface area contributed by atoms with Gasteiger partial charge in [-0.15, -0.1) is 0 Å². The van der Waals surface area contributed by atoms with Crippen LogP contribution in [0.1, 0.15) is 46.0 Å². The van der Waals surface area contributed by atoms with Crippen LogP contribution in [-0.4, -0.2) is 11.0 Å². The summed E-state index contributed by atoms with van der Waals surface area (Å²) in [6.07, 6.45) is 9.67. The minimum absolute atomic E-state index is 0.967. The Kier molecular flexibility index (Phi) is 4.82. The van der Waals surface area contributed by atoms with Crippen LogP contribution >= 0.6 is 11.8 Å². The van der Waals surface area contributed by atoms with Gasteiger partial charge in [0.15, 0.2) is 0 Å². The summed E-state index contributed by atoms with van der Waals surface area (Å²) in [5.74, 6) is 1.23. The van der Waals surface area contributed by atoms with E-state index in [4.69, 9.17) is 0 Å². The van der Waals surface area contributed by atoms with E-state index in [0.717, 1.165) is 5.25 Å². The van der Waals surface area contributed by atoms with Crippen molar-refractivity contribution in [2.45, 2.75) is 51.2 Å². The van der Waals surface area contributed by atoms with E-state index in [9.17, 15) is 0 Å². The van der Waals surface area contributed by atoms with E-state index in [2.05, 4.69) is 31.7 Å². The maximum atomic E-state index is 2.35. The van der Waals surface area contributed by atoms with Crippen molar-refractivity contribution >= 4 is 11.8 Å². The van der Waals surface area contributed by atoms with Gasteiger partial charge in [0.2, 0.25) is 0 Å². The second-order valence-electron chi connectivity index (χ2n) is 3.87. The lowest BCUT2D eigenvalue weighted by molar-refractivity contribution is 0.516. The SMILES string of the molecule is CC(C)=CCSC1CCCCC1. The zero-order chi connectivity index (χ0) is 8.81. The highest BCUT2D eigenvalue weighted by atomic mass is 32.2. The normalized spacial score (nSPS) is 19.2. The third-order valence-corrected chi connectivity index (χ3v) is 3.68. The molecule has 0 saturated heterocycles. The Morgan fingerprint density at radius 1 is 1.25 bits per heavy atom. The van der Waals surface area contributed by atoms with Crippen LogP contribution in [0.5, 0.6) is 0 Å². The Hall–Kier alpha value is 0.0900. The van der Waals surface area contributed by atoms with Gasteiger partial charge in [-0.25, -0.2) is 0 Å². The van der Waals surface area contributed by atoms with Gasteiger partial charge in [-0.2, -0.15) is 11.8 Å². The fourth-order valence-electron chi connectivity index (χ4n) is 1.58. The minimum atomic E-state index is 0.967. The van der Waals surface area contributed by atoms with Gasteiger partial charge in [-0.1, -0.05) is 30.9 Å². The molecule has 0 spiro atoms. The lowest BCUT2D eigenvalue weighted by Crippen LogP contribution is -2.08. The average molecular weight is 184 g/mol. The summed E-state index contributed by atoms with van der Waals surface area (Å²) in [4.78, 5) is 0. The van der Waals surface area contributed by atoms with E-state index in [1.807, 2.05) is 0 Å². The Morgan fingerprint density at radius 3 is 2.50 bits per heavy atom. The highest BCUT2D eigenvalue weighted by Gasteiger charge is 2.12. The lowest BCUT2D eigenvalue weighted by Gasteiger charge is -2.20. The number of thioether (sulfide) groups is 1. The van der Waals surface area contributed by atoms with Gasteiger partial charge in [0.25, 0.3) is 0 Å². The largest absolute Gasteiger partial charge is 0.154 e. The van der Waals surface area contributed by atoms with Crippen molar-refractivity contribution in [3.8, 4) is 0 Å². The molecular formula is C11H20S. The van der Waals surface area contributed by atoms with Gasteiger partial charge in [-0.3, -0.25) is 0 Å². The van der Waals surface area contributed by atoms with Crippen LogP contribution in [0.15, 0.2) is 11.6 Å². The first-order chi connectivity index (χ1) is 5.79. The van der Waals surface area contributed by atoms with Crippen LogP contribution in [0.2, 0.25) is 0 Å². The molecule has 0 aliphatic heterocycles. The first-order valence-corrected chi connectivity index (χ1v) is 6.09. The predicted molar refractivity (Wildman–Crippen MR) is 58.8 cm³/mol. The zero-order valence-corrected chi connectivity index (χ0v) is 9.12. The van der Waals surface area contributed by atoms with Crippen LogP contribution in [0, 0.1) is 0 Å². The predicted octanol–water partition coefficient (Wildman–Crippen LogP) is 4.02. The average Bonchev–Trinajstić information content (AvgIpc) is 2.05. The Balaban J connectivity index is 2.09. The monoisotopic (exact) mass is 184 g/mol. The van der Waals surface area contributed by atoms with E-state index in [-0.39, 0.29) is 0 Å². The molecular weight excluding hydrogens is 164 g/mol. The molecule has 1 rings (SSSR count). The van der Waals surface area contributed by atoms with E-state index in [0.29, 0.717) is 0 Å². The fourth-order valence-corrected chi connectivity index (χ4v) is 2.95. The van der Waals surface area contributed by atoms with Crippen LogP contribution in [-0.2, 0) is 0 Å². The van der Waals surface area contributed by atoms with Crippen molar-refractivity contribution in [1.82, 2.24) is 0 Å². The molecule has 1 fully saturated rings. The van der Waals surface area contributed by atoms with Crippen molar-refractivity contribution in [1.29, 1.82) is 0 Å². The molecule has 0 nitrogen and oxygen atoms in total. The Bertz CT molecular complexity index is 139. The van der Waals surface area contributed by atoms with Crippen molar-refractivity contribution in [3.05, 3.63) is 11.6 Å². The molecule has 0 atom stereocenters. The molecule has 0 radical (unpaired) electrons. The molecule has 1 aliphatic rings. The minimum Gasteiger partial charge on any atom is -0.154 e. The number of hydrogen-bond acceptors (Lipinski definition) is 1. The van der Waals surface area contributed by atoms with E-state index >= 15 is 0 Å². The van der Waals surface area contributed by atoms with Crippen LogP contribution in [0.4, 0.5) is 0 Å². The van der Waals surface area contributed by atoms with Gasteiger partial charge in [0.1, 0.15) is 0 Å². The second kappa shape index (κ2) is 5.69. The zero-order valence-electron chi connectivity index (χ0n) is 8.31. The summed E-state index contributed by atoms with van der Waals surface area (Å²) in [6.45, 7) is 4.36. The smallest absolute Gasteiger partial charge is 0.0118 e. The van der Waals surface area contributed by atoms with E-state index < -0.39 is 0 Å². The number of allylic oxidation sites excluding steroid dienone is 1. The van der Waals surface area contributed by atoms with Gasteiger partial charge in [0.05, 0.1) is 0 Å². The number of rotatable bonds is 3. The van der Waals surface area contributed by atoms with Gasteiger partial charge >= 0.3 is 0 Å². The molecule has 1 saturated carbocycles. The lowest BCUT2D eigenvalue weighted by atomic mass is 10.0. The number of hydrogen-bond donors (Lipinski definition) is 0. The van der Waals surface area contributed by atoms with Crippen molar-refractivity contribution in [2.24, 2.45) is 0 Å². The highest BCUT2D eigenvalue weighted by molar-refractivity contribution is 8.00. The van der Waals surface area contributed by atoms with Gasteiger partial charge in [0, 0.05) is 11.0 Å². The molecule has 1 heteroatoms. The van der Waals surface area contributed by atoms with E-state index in [1.165, 1.54) is 43.4 Å². The summed E-state index contributed by atoms with van der Waals surface area (Å²) >= 11 is 2.15. The molecule has 0 unspecified atom stereocenters. The summed E-state index contributed by atoms with van der Waals surface area (Å²) in [6, 6.07) is 0. The summed E-state index contributed by atoms with van der Waals surface area (Å²) < 4.78 is 0. The van der Waals surface area contributed by atoms with Crippen molar-refractivity contribution in [2.75, 3.05) is 5.75 Å². The van der Waals surface area contributed by atoms with Crippen LogP contribution in [0.25, 0.3) is 0 Å². The molecule has 0 heterocycles. The van der Waals surface area contributed by atoms with Crippen LogP contribution < -0.4 is 0 Å². The molecule has 12 heavy (non-hydrogen) atoms. The molecule has 0 N–H and O–H groups in total. The summed E-state index contributed by atoms with van der Waals surface area (Å²) in [5.41, 5.74) is 1.46. The van der Waals surface area contributed by atoms with Crippen molar-refractivity contribution < 1.29 is 0 Å². The third-order valence-electron chi connectivity index (χ3n) is 2.38. The first-order valence-electron chi connectivity index (χ1n) is 5.04. The van der Waals surface area contributed by atoms with E-state index in [1.54, 1.807) is 0 Å². The molecule has 1 aliphatic carbocycles. The summed E-state index contributed by atoms with van der Waals surface area (Å²) in [5, 5.41) is 0.967. The summed E-state index contributed by atoms with van der Waals surface area (Å²) in [7, 11) is 0. The van der Waals surface area contributed by atoms with Crippen molar-refractivity contribution in [3.63, 3.8) is 0 Å². The molecule has 0 aromatic rings.